The van der Waals surface area contributed by atoms with E-state index >= 15 is 0 Å². The van der Waals surface area contributed by atoms with Crippen molar-refractivity contribution in [3.8, 4) is 0 Å². The number of carbonyl (C=O) groups excluding carboxylic acids is 1. The Labute approximate surface area is 162 Å². The summed E-state index contributed by atoms with van der Waals surface area (Å²) in [4.78, 5) is 29.5. The Bertz CT molecular complexity index is 797. The number of hydrogen-bond acceptors (Lipinski definition) is 8. The summed E-state index contributed by atoms with van der Waals surface area (Å²) in [6.07, 6.45) is 0.987. The first kappa shape index (κ1) is 19.7. The molecule has 0 bridgehead atoms. The normalized spacial score (nSPS) is 16.7. The maximum atomic E-state index is 12.6. The molecule has 9 heteroatoms. The van der Waals surface area contributed by atoms with Gasteiger partial charge in [-0.05, 0) is 19.3 Å². The quantitative estimate of drug-likeness (QED) is 0.764. The van der Waals surface area contributed by atoms with Crippen LogP contribution < -0.4 is 4.90 Å². The topological polar surface area (TPSA) is 91.7 Å². The summed E-state index contributed by atoms with van der Waals surface area (Å²) in [7, 11) is 3.43. The maximum absolute atomic E-state index is 12.6. The van der Waals surface area contributed by atoms with Crippen molar-refractivity contribution in [2.75, 3.05) is 38.7 Å². The molecule has 3 heterocycles. The molecule has 1 aliphatic rings. The molecule has 0 saturated carbocycles. The first-order chi connectivity index (χ1) is 13.0. The van der Waals surface area contributed by atoms with Gasteiger partial charge < -0.3 is 19.6 Å². The molecule has 0 radical (unpaired) electrons. The lowest BCUT2D eigenvalue weighted by Crippen LogP contribution is -2.33. The highest BCUT2D eigenvalue weighted by molar-refractivity contribution is 7.09. The minimum Gasteiger partial charge on any atom is -0.388 e. The fourth-order valence-electron chi connectivity index (χ4n) is 3.30. The van der Waals surface area contributed by atoms with E-state index in [-0.39, 0.29) is 12.5 Å². The van der Waals surface area contributed by atoms with Crippen molar-refractivity contribution in [1.82, 2.24) is 19.9 Å². The Hall–Kier alpha value is -2.10. The maximum Gasteiger partial charge on any atom is 0.273 e. The zero-order valence-corrected chi connectivity index (χ0v) is 16.7. The molecule has 0 spiro atoms. The van der Waals surface area contributed by atoms with Crippen LogP contribution in [-0.2, 0) is 18.0 Å². The summed E-state index contributed by atoms with van der Waals surface area (Å²) < 4.78 is 5.06. The zero-order chi connectivity index (χ0) is 19.4. The van der Waals surface area contributed by atoms with Crippen molar-refractivity contribution >= 4 is 23.1 Å². The highest BCUT2D eigenvalue weighted by Crippen LogP contribution is 2.24. The predicted octanol–water partition coefficient (Wildman–Crippen LogP) is 1.48. The van der Waals surface area contributed by atoms with Crippen LogP contribution in [0.1, 0.15) is 33.4 Å². The molecule has 1 amide bonds. The van der Waals surface area contributed by atoms with E-state index in [1.807, 2.05) is 20.0 Å². The Kier molecular flexibility index (Phi) is 6.35. The van der Waals surface area contributed by atoms with Gasteiger partial charge in [0.05, 0.1) is 6.61 Å². The van der Waals surface area contributed by atoms with Gasteiger partial charge in [0, 0.05) is 50.9 Å². The lowest BCUT2D eigenvalue weighted by molar-refractivity contribution is 0.0770. The predicted molar refractivity (Wildman–Crippen MR) is 103 cm³/mol. The monoisotopic (exact) mass is 391 g/mol. The molecule has 1 N–H and O–H groups in total. The number of anilines is 1. The number of ether oxygens (including phenoxy) is 1. The molecule has 1 fully saturated rings. The first-order valence-corrected chi connectivity index (χ1v) is 9.77. The molecule has 3 rings (SSSR count). The molecule has 1 unspecified atom stereocenters. The second-order valence-electron chi connectivity index (χ2n) is 6.79. The summed E-state index contributed by atoms with van der Waals surface area (Å²) in [6.45, 7) is 4.53. The van der Waals surface area contributed by atoms with Gasteiger partial charge in [-0.1, -0.05) is 0 Å². The van der Waals surface area contributed by atoms with Crippen LogP contribution in [0, 0.1) is 12.8 Å². The SMILES string of the molecule is COCc1nc(C(=O)N(C)CC2CCN(c3cc(C)nc(CO)n3)C2)cs1. The van der Waals surface area contributed by atoms with Gasteiger partial charge in [0.25, 0.3) is 5.91 Å². The summed E-state index contributed by atoms with van der Waals surface area (Å²) in [5.74, 6) is 1.58. The Morgan fingerprint density at radius 2 is 2.26 bits per heavy atom. The number of aromatic nitrogens is 3. The fourth-order valence-corrected chi connectivity index (χ4v) is 4.04. The number of thiazole rings is 1. The molecule has 146 valence electrons. The number of nitrogens with zero attached hydrogens (tertiary/aromatic N) is 5. The minimum atomic E-state index is -0.165. The van der Waals surface area contributed by atoms with Crippen molar-refractivity contribution in [2.24, 2.45) is 5.92 Å². The highest BCUT2D eigenvalue weighted by atomic mass is 32.1. The van der Waals surface area contributed by atoms with Crippen LogP contribution in [-0.4, -0.2) is 64.7 Å². The van der Waals surface area contributed by atoms with Crippen LogP contribution in [0.2, 0.25) is 0 Å². The molecule has 8 nitrogen and oxygen atoms in total. The van der Waals surface area contributed by atoms with Crippen molar-refractivity contribution < 1.29 is 14.6 Å². The zero-order valence-electron chi connectivity index (χ0n) is 15.9. The number of rotatable bonds is 7. The molecule has 2 aromatic rings. The molecule has 0 aromatic carbocycles. The van der Waals surface area contributed by atoms with E-state index in [9.17, 15) is 9.90 Å². The van der Waals surface area contributed by atoms with Gasteiger partial charge in [-0.15, -0.1) is 11.3 Å². The average molecular weight is 391 g/mol. The van der Waals surface area contributed by atoms with Crippen LogP contribution in [0.15, 0.2) is 11.4 Å². The molecule has 1 aliphatic heterocycles. The molecule has 1 atom stereocenters. The van der Waals surface area contributed by atoms with Crippen LogP contribution in [0.5, 0.6) is 0 Å². The summed E-state index contributed by atoms with van der Waals surface area (Å²) in [5.41, 5.74) is 1.32. The van der Waals surface area contributed by atoms with E-state index in [0.717, 1.165) is 36.0 Å². The number of carbonyl (C=O) groups is 1. The Morgan fingerprint density at radius 3 is 3.00 bits per heavy atom. The number of aliphatic hydroxyl groups is 1. The standard InChI is InChI=1S/C18H25N5O3S/c1-12-6-16(21-15(9-24)19-12)23-5-4-13(8-23)7-22(2)18(25)14-11-27-17(20-14)10-26-3/h6,11,13,24H,4-5,7-10H2,1-3H3. The third-order valence-electron chi connectivity index (χ3n) is 4.56. The van der Waals surface area contributed by atoms with E-state index in [4.69, 9.17) is 4.74 Å². The third kappa shape index (κ3) is 4.79. The van der Waals surface area contributed by atoms with Crippen molar-refractivity contribution in [3.05, 3.63) is 33.7 Å². The van der Waals surface area contributed by atoms with Crippen molar-refractivity contribution in [1.29, 1.82) is 0 Å². The lowest BCUT2D eigenvalue weighted by Gasteiger charge is -2.22. The van der Waals surface area contributed by atoms with Gasteiger partial charge in [-0.25, -0.2) is 15.0 Å². The highest BCUT2D eigenvalue weighted by Gasteiger charge is 2.27. The number of aliphatic hydroxyl groups excluding tert-OH is 1. The van der Waals surface area contributed by atoms with Gasteiger partial charge in [0.2, 0.25) is 0 Å². The number of aryl methyl sites for hydroxylation is 1. The third-order valence-corrected chi connectivity index (χ3v) is 5.38. The summed E-state index contributed by atoms with van der Waals surface area (Å²) in [5, 5.41) is 11.9. The van der Waals surface area contributed by atoms with Gasteiger partial charge in [-0.3, -0.25) is 4.79 Å². The van der Waals surface area contributed by atoms with E-state index in [1.54, 1.807) is 17.4 Å². The molecule has 27 heavy (non-hydrogen) atoms. The molecular formula is C18H25N5O3S. The number of methoxy groups -OCH3 is 1. The lowest BCUT2D eigenvalue weighted by atomic mass is 10.1. The molecular weight excluding hydrogens is 366 g/mol. The molecule has 1 saturated heterocycles. The van der Waals surface area contributed by atoms with Gasteiger partial charge in [0.1, 0.15) is 23.1 Å². The first-order valence-electron chi connectivity index (χ1n) is 8.89. The summed E-state index contributed by atoms with van der Waals surface area (Å²) >= 11 is 1.44. The minimum absolute atomic E-state index is 0.0625. The van der Waals surface area contributed by atoms with Crippen LogP contribution in [0.4, 0.5) is 5.82 Å². The average Bonchev–Trinajstić information content (AvgIpc) is 3.30. The van der Waals surface area contributed by atoms with Gasteiger partial charge in [-0.2, -0.15) is 0 Å². The van der Waals surface area contributed by atoms with Gasteiger partial charge >= 0.3 is 0 Å². The second kappa shape index (κ2) is 8.73. The largest absolute Gasteiger partial charge is 0.388 e. The number of hydrogen-bond donors (Lipinski definition) is 1. The van der Waals surface area contributed by atoms with Crippen LogP contribution >= 0.6 is 11.3 Å². The fraction of sp³-hybridized carbons (Fsp3) is 0.556. The summed E-state index contributed by atoms with van der Waals surface area (Å²) in [6, 6.07) is 1.93. The van der Waals surface area contributed by atoms with E-state index < -0.39 is 0 Å². The van der Waals surface area contributed by atoms with E-state index in [0.29, 0.717) is 30.6 Å². The van der Waals surface area contributed by atoms with E-state index in [1.165, 1.54) is 11.3 Å². The Morgan fingerprint density at radius 1 is 1.44 bits per heavy atom. The van der Waals surface area contributed by atoms with Gasteiger partial charge in [0.15, 0.2) is 5.82 Å². The Balaban J connectivity index is 1.58. The van der Waals surface area contributed by atoms with Crippen molar-refractivity contribution in [2.45, 2.75) is 26.6 Å². The smallest absolute Gasteiger partial charge is 0.273 e. The molecule has 0 aliphatic carbocycles. The van der Waals surface area contributed by atoms with Crippen LogP contribution in [0.3, 0.4) is 0 Å². The van der Waals surface area contributed by atoms with Crippen molar-refractivity contribution in [3.63, 3.8) is 0 Å². The van der Waals surface area contributed by atoms with Crippen LogP contribution in [0.25, 0.3) is 0 Å². The molecule has 2 aromatic heterocycles. The number of amides is 1. The van der Waals surface area contributed by atoms with E-state index in [2.05, 4.69) is 19.9 Å². The second-order valence-corrected chi connectivity index (χ2v) is 7.73.